The highest BCUT2D eigenvalue weighted by molar-refractivity contribution is 6.02. The van der Waals surface area contributed by atoms with Gasteiger partial charge in [-0.1, -0.05) is 0 Å². The van der Waals surface area contributed by atoms with Gasteiger partial charge >= 0.3 is 0 Å². The van der Waals surface area contributed by atoms with E-state index in [4.69, 9.17) is 20.1 Å². The number of rotatable bonds is 9. The number of aromatic nitrogens is 3. The lowest BCUT2D eigenvalue weighted by Gasteiger charge is -2.32. The van der Waals surface area contributed by atoms with Crippen molar-refractivity contribution < 1.29 is 4.74 Å². The minimum absolute atomic E-state index is 0.0881. The van der Waals surface area contributed by atoms with Gasteiger partial charge in [0.2, 0.25) is 11.5 Å². The van der Waals surface area contributed by atoms with Gasteiger partial charge in [-0.3, -0.25) is 4.79 Å². The van der Waals surface area contributed by atoms with Crippen molar-refractivity contribution in [1.82, 2.24) is 19.9 Å². The largest absolute Gasteiger partial charge is 0.380 e. The Morgan fingerprint density at radius 2 is 2.19 bits per heavy atom. The van der Waals surface area contributed by atoms with Crippen molar-refractivity contribution in [3.8, 4) is 0 Å². The summed E-state index contributed by atoms with van der Waals surface area (Å²) in [6.45, 7) is 9.95. The minimum atomic E-state index is -0.0881. The third-order valence-electron chi connectivity index (χ3n) is 5.00. The summed E-state index contributed by atoms with van der Waals surface area (Å²) < 4.78 is 6.95. The van der Waals surface area contributed by atoms with E-state index in [1.165, 1.54) is 10.6 Å². The summed E-state index contributed by atoms with van der Waals surface area (Å²) in [6, 6.07) is 3.55. The Morgan fingerprint density at radius 1 is 1.39 bits per heavy atom. The molecule has 3 rings (SSSR count). The van der Waals surface area contributed by atoms with Gasteiger partial charge in [-0.15, -0.1) is 0 Å². The number of hydrogen-bond acceptors (Lipinski definition) is 9. The summed E-state index contributed by atoms with van der Waals surface area (Å²) in [6.07, 6.45) is 1.72. The summed E-state index contributed by atoms with van der Waals surface area (Å²) in [7, 11) is 1.70. The lowest BCUT2D eigenvalue weighted by Crippen LogP contribution is -2.50. The molecule has 2 aromatic rings. The SMILES string of the molecule is CCOCCNc1c(Nc2ccc(=O)n(C)c2)nc(N2CCN[C@H](C)C2)nc1C(C)=N. The highest BCUT2D eigenvalue weighted by Crippen LogP contribution is 2.29. The Bertz CT molecular complexity index is 974. The van der Waals surface area contributed by atoms with Crippen LogP contribution in [0, 0.1) is 5.41 Å². The molecule has 0 aromatic carbocycles. The van der Waals surface area contributed by atoms with Crippen LogP contribution in [0.5, 0.6) is 0 Å². The van der Waals surface area contributed by atoms with E-state index >= 15 is 0 Å². The second kappa shape index (κ2) is 10.4. The van der Waals surface area contributed by atoms with Gasteiger partial charge < -0.3 is 35.6 Å². The zero-order valence-electron chi connectivity index (χ0n) is 18.7. The highest BCUT2D eigenvalue weighted by atomic mass is 16.5. The van der Waals surface area contributed by atoms with E-state index < -0.39 is 0 Å². The Balaban J connectivity index is 2.01. The Hall–Kier alpha value is -2.98. The molecule has 10 nitrogen and oxygen atoms in total. The Morgan fingerprint density at radius 3 is 2.87 bits per heavy atom. The lowest BCUT2D eigenvalue weighted by atomic mass is 10.2. The first-order valence-electron chi connectivity index (χ1n) is 10.6. The third kappa shape index (κ3) is 5.80. The molecule has 10 heteroatoms. The highest BCUT2D eigenvalue weighted by Gasteiger charge is 2.23. The summed E-state index contributed by atoms with van der Waals surface area (Å²) in [4.78, 5) is 23.4. The quantitative estimate of drug-likeness (QED) is 0.351. The van der Waals surface area contributed by atoms with Crippen molar-refractivity contribution in [2.45, 2.75) is 26.8 Å². The van der Waals surface area contributed by atoms with Crippen molar-refractivity contribution in [3.05, 3.63) is 34.4 Å². The Labute approximate surface area is 182 Å². The first kappa shape index (κ1) is 22.7. The van der Waals surface area contributed by atoms with Crippen molar-refractivity contribution in [1.29, 1.82) is 5.41 Å². The standard InChI is InChI=1S/C21H32N8O2/c1-5-31-11-9-24-19-18(15(3)22)26-21(29-10-8-23-14(2)12-29)27-20(19)25-16-6-7-17(30)28(4)13-16/h6-7,13-14,22-24H,5,8-12H2,1-4H3,(H,25,26,27)/t14-/m1/s1. The molecule has 4 N–H and O–H groups in total. The number of ether oxygens (including phenoxy) is 1. The fourth-order valence-electron chi connectivity index (χ4n) is 3.43. The van der Waals surface area contributed by atoms with Crippen molar-refractivity contribution in [3.63, 3.8) is 0 Å². The van der Waals surface area contributed by atoms with E-state index in [1.54, 1.807) is 26.2 Å². The molecular weight excluding hydrogens is 396 g/mol. The van der Waals surface area contributed by atoms with Crippen LogP contribution in [-0.2, 0) is 11.8 Å². The molecule has 0 radical (unpaired) electrons. The van der Waals surface area contributed by atoms with E-state index in [0.717, 1.165) is 25.3 Å². The molecular formula is C21H32N8O2. The first-order chi connectivity index (χ1) is 14.9. The lowest BCUT2D eigenvalue weighted by molar-refractivity contribution is 0.158. The second-order valence-corrected chi connectivity index (χ2v) is 7.64. The zero-order chi connectivity index (χ0) is 22.4. The molecule has 3 heterocycles. The van der Waals surface area contributed by atoms with Gasteiger partial charge in [0, 0.05) is 58.1 Å². The number of nitrogens with zero attached hydrogens (tertiary/aromatic N) is 4. The smallest absolute Gasteiger partial charge is 0.250 e. The molecule has 1 fully saturated rings. The van der Waals surface area contributed by atoms with Crippen LogP contribution in [0.3, 0.4) is 0 Å². The van der Waals surface area contributed by atoms with E-state index in [0.29, 0.717) is 54.7 Å². The zero-order valence-corrected chi connectivity index (χ0v) is 18.7. The Kier molecular flexibility index (Phi) is 7.59. The van der Waals surface area contributed by atoms with Crippen LogP contribution in [0.1, 0.15) is 26.5 Å². The van der Waals surface area contributed by atoms with Crippen LogP contribution in [0.2, 0.25) is 0 Å². The van der Waals surface area contributed by atoms with Gasteiger partial charge in [0.15, 0.2) is 5.82 Å². The van der Waals surface area contributed by atoms with Gasteiger partial charge in [-0.2, -0.15) is 4.98 Å². The molecule has 1 saturated heterocycles. The maximum absolute atomic E-state index is 11.8. The molecule has 0 unspecified atom stereocenters. The van der Waals surface area contributed by atoms with Gasteiger partial charge in [0.1, 0.15) is 11.4 Å². The van der Waals surface area contributed by atoms with Crippen molar-refractivity contribution in [2.75, 3.05) is 54.9 Å². The average Bonchev–Trinajstić information content (AvgIpc) is 2.74. The fraction of sp³-hybridized carbons (Fsp3) is 0.524. The normalized spacial score (nSPS) is 16.3. The van der Waals surface area contributed by atoms with Gasteiger partial charge in [0.05, 0.1) is 18.0 Å². The van der Waals surface area contributed by atoms with Gasteiger partial charge in [-0.05, 0) is 26.8 Å². The average molecular weight is 429 g/mol. The molecule has 0 amide bonds. The van der Waals surface area contributed by atoms with Crippen molar-refractivity contribution in [2.24, 2.45) is 7.05 Å². The molecule has 168 valence electrons. The van der Waals surface area contributed by atoms with E-state index in [9.17, 15) is 4.79 Å². The summed E-state index contributed by atoms with van der Waals surface area (Å²) >= 11 is 0. The van der Waals surface area contributed by atoms with E-state index in [-0.39, 0.29) is 5.56 Å². The molecule has 1 aliphatic heterocycles. The summed E-state index contributed by atoms with van der Waals surface area (Å²) in [5.41, 5.74) is 2.17. The predicted molar refractivity (Wildman–Crippen MR) is 124 cm³/mol. The fourth-order valence-corrected chi connectivity index (χ4v) is 3.43. The molecule has 0 aliphatic carbocycles. The monoisotopic (exact) mass is 428 g/mol. The van der Waals surface area contributed by atoms with Crippen LogP contribution < -0.4 is 26.4 Å². The number of hydrogen-bond donors (Lipinski definition) is 4. The molecule has 1 atom stereocenters. The molecule has 1 aliphatic rings. The van der Waals surface area contributed by atoms with E-state index in [2.05, 4.69) is 27.8 Å². The van der Waals surface area contributed by atoms with E-state index in [1.807, 2.05) is 6.92 Å². The maximum atomic E-state index is 11.8. The van der Waals surface area contributed by atoms with Gasteiger partial charge in [-0.25, -0.2) is 4.98 Å². The number of aryl methyl sites for hydroxylation is 1. The van der Waals surface area contributed by atoms with Crippen LogP contribution in [0.4, 0.5) is 23.1 Å². The number of piperazine rings is 1. The first-order valence-corrected chi connectivity index (χ1v) is 10.6. The molecule has 0 saturated carbocycles. The molecule has 2 aromatic heterocycles. The minimum Gasteiger partial charge on any atom is -0.380 e. The molecule has 0 bridgehead atoms. The number of pyridine rings is 1. The summed E-state index contributed by atoms with van der Waals surface area (Å²) in [5.74, 6) is 1.14. The van der Waals surface area contributed by atoms with Crippen LogP contribution in [0.25, 0.3) is 0 Å². The molecule has 31 heavy (non-hydrogen) atoms. The number of anilines is 4. The third-order valence-corrected chi connectivity index (χ3v) is 5.00. The van der Waals surface area contributed by atoms with Crippen LogP contribution >= 0.6 is 0 Å². The van der Waals surface area contributed by atoms with Gasteiger partial charge in [0.25, 0.3) is 0 Å². The maximum Gasteiger partial charge on any atom is 0.250 e. The summed E-state index contributed by atoms with van der Waals surface area (Å²) in [5, 5.41) is 18.4. The second-order valence-electron chi connectivity index (χ2n) is 7.64. The van der Waals surface area contributed by atoms with Crippen molar-refractivity contribution >= 4 is 28.9 Å². The molecule has 0 spiro atoms. The predicted octanol–water partition coefficient (Wildman–Crippen LogP) is 1.55. The topological polar surface area (TPSA) is 120 Å². The van der Waals surface area contributed by atoms with Crippen LogP contribution in [0.15, 0.2) is 23.1 Å². The van der Waals surface area contributed by atoms with Crippen LogP contribution in [-0.4, -0.2) is 65.7 Å². The number of nitrogens with one attached hydrogen (secondary N) is 4.